The molecule has 1 saturated carbocycles. The third-order valence-electron chi connectivity index (χ3n) is 4.09. The molecule has 2 rings (SSSR count). The standard InChI is InChI=1S/C13H24O2/c1-3-4-5-6-12-11(2)7-8-13(12)14-9-10-15-13/h11-12H,3-10H2,1-2H3/t11-,12-/m1/s1. The number of hydrogen-bond donors (Lipinski definition) is 0. The first-order valence-corrected chi connectivity index (χ1v) is 6.56. The van der Waals surface area contributed by atoms with Gasteiger partial charge in [0.15, 0.2) is 5.79 Å². The molecule has 1 aliphatic heterocycles. The normalized spacial score (nSPS) is 34.0. The number of unbranched alkanes of at least 4 members (excludes halogenated alkanes) is 2. The summed E-state index contributed by atoms with van der Waals surface area (Å²) in [6.45, 7) is 6.22. The van der Waals surface area contributed by atoms with E-state index in [9.17, 15) is 0 Å². The molecule has 1 aliphatic carbocycles. The molecule has 0 aromatic heterocycles. The van der Waals surface area contributed by atoms with E-state index in [1.807, 2.05) is 0 Å². The van der Waals surface area contributed by atoms with Crippen LogP contribution in [0, 0.1) is 11.8 Å². The Balaban J connectivity index is 1.92. The molecule has 15 heavy (non-hydrogen) atoms. The quantitative estimate of drug-likeness (QED) is 0.665. The summed E-state index contributed by atoms with van der Waals surface area (Å²) in [5.41, 5.74) is 0. The average Bonchev–Trinajstić information content (AvgIpc) is 2.81. The van der Waals surface area contributed by atoms with E-state index in [1.54, 1.807) is 0 Å². The molecule has 2 atom stereocenters. The van der Waals surface area contributed by atoms with Crippen LogP contribution in [-0.4, -0.2) is 19.0 Å². The van der Waals surface area contributed by atoms with Gasteiger partial charge in [0.25, 0.3) is 0 Å². The van der Waals surface area contributed by atoms with Gasteiger partial charge < -0.3 is 9.47 Å². The third-order valence-corrected chi connectivity index (χ3v) is 4.09. The van der Waals surface area contributed by atoms with Crippen LogP contribution in [0.15, 0.2) is 0 Å². The molecule has 2 heteroatoms. The van der Waals surface area contributed by atoms with Crippen molar-refractivity contribution in [1.82, 2.24) is 0 Å². The van der Waals surface area contributed by atoms with Crippen LogP contribution < -0.4 is 0 Å². The van der Waals surface area contributed by atoms with E-state index in [1.165, 1.54) is 32.1 Å². The number of hydrogen-bond acceptors (Lipinski definition) is 2. The topological polar surface area (TPSA) is 18.5 Å². The molecule has 0 N–H and O–H groups in total. The van der Waals surface area contributed by atoms with E-state index in [0.717, 1.165) is 25.6 Å². The molecule has 0 aromatic carbocycles. The average molecular weight is 212 g/mol. The van der Waals surface area contributed by atoms with Gasteiger partial charge in [-0.2, -0.15) is 0 Å². The molecule has 2 nitrogen and oxygen atoms in total. The monoisotopic (exact) mass is 212 g/mol. The Morgan fingerprint density at radius 3 is 2.60 bits per heavy atom. The van der Waals surface area contributed by atoms with Crippen molar-refractivity contribution in [3.8, 4) is 0 Å². The van der Waals surface area contributed by atoms with Crippen LogP contribution in [-0.2, 0) is 9.47 Å². The van der Waals surface area contributed by atoms with E-state index in [-0.39, 0.29) is 5.79 Å². The van der Waals surface area contributed by atoms with Gasteiger partial charge in [0, 0.05) is 12.3 Å². The fourth-order valence-electron chi connectivity index (χ4n) is 3.20. The SMILES string of the molecule is CCCCC[C@@H]1[C@H](C)CCC12OCCO2. The third kappa shape index (κ3) is 2.21. The van der Waals surface area contributed by atoms with Crippen molar-refractivity contribution < 1.29 is 9.47 Å². The lowest BCUT2D eigenvalue weighted by atomic mass is 9.89. The highest BCUT2D eigenvalue weighted by Crippen LogP contribution is 2.47. The second-order valence-corrected chi connectivity index (χ2v) is 5.13. The van der Waals surface area contributed by atoms with E-state index < -0.39 is 0 Å². The largest absolute Gasteiger partial charge is 0.347 e. The summed E-state index contributed by atoms with van der Waals surface area (Å²) in [4.78, 5) is 0. The van der Waals surface area contributed by atoms with Gasteiger partial charge in [-0.3, -0.25) is 0 Å². The van der Waals surface area contributed by atoms with Gasteiger partial charge >= 0.3 is 0 Å². The van der Waals surface area contributed by atoms with Gasteiger partial charge in [-0.15, -0.1) is 0 Å². The molecule has 1 heterocycles. The minimum Gasteiger partial charge on any atom is -0.347 e. The number of rotatable bonds is 4. The molecule has 0 bridgehead atoms. The smallest absolute Gasteiger partial charge is 0.171 e. The first-order chi connectivity index (χ1) is 7.28. The Morgan fingerprint density at radius 2 is 1.93 bits per heavy atom. The maximum absolute atomic E-state index is 5.89. The van der Waals surface area contributed by atoms with E-state index in [4.69, 9.17) is 9.47 Å². The van der Waals surface area contributed by atoms with Crippen LogP contribution in [0.5, 0.6) is 0 Å². The maximum Gasteiger partial charge on any atom is 0.171 e. The molecule has 1 spiro atoms. The van der Waals surface area contributed by atoms with Gasteiger partial charge in [-0.25, -0.2) is 0 Å². The van der Waals surface area contributed by atoms with Crippen LogP contribution in [0.4, 0.5) is 0 Å². The van der Waals surface area contributed by atoms with Crippen molar-refractivity contribution >= 4 is 0 Å². The molecular formula is C13H24O2. The van der Waals surface area contributed by atoms with Crippen LogP contribution in [0.25, 0.3) is 0 Å². The Labute approximate surface area is 93.3 Å². The van der Waals surface area contributed by atoms with Gasteiger partial charge in [-0.1, -0.05) is 33.1 Å². The van der Waals surface area contributed by atoms with Crippen molar-refractivity contribution in [2.45, 2.75) is 58.2 Å². The molecule has 0 aromatic rings. The van der Waals surface area contributed by atoms with Crippen molar-refractivity contribution in [3.05, 3.63) is 0 Å². The summed E-state index contributed by atoms with van der Waals surface area (Å²) in [5, 5.41) is 0. The Morgan fingerprint density at radius 1 is 1.20 bits per heavy atom. The fraction of sp³-hybridized carbons (Fsp3) is 1.00. The van der Waals surface area contributed by atoms with E-state index in [0.29, 0.717) is 5.92 Å². The van der Waals surface area contributed by atoms with Crippen molar-refractivity contribution in [2.24, 2.45) is 11.8 Å². The van der Waals surface area contributed by atoms with Crippen molar-refractivity contribution in [1.29, 1.82) is 0 Å². The van der Waals surface area contributed by atoms with Gasteiger partial charge in [0.1, 0.15) is 0 Å². The molecule has 0 amide bonds. The zero-order valence-electron chi connectivity index (χ0n) is 10.1. The summed E-state index contributed by atoms with van der Waals surface area (Å²) >= 11 is 0. The van der Waals surface area contributed by atoms with Crippen LogP contribution in [0.1, 0.15) is 52.4 Å². The summed E-state index contributed by atoms with van der Waals surface area (Å²) < 4.78 is 11.8. The maximum atomic E-state index is 5.89. The van der Waals surface area contributed by atoms with E-state index in [2.05, 4.69) is 13.8 Å². The fourth-order valence-corrected chi connectivity index (χ4v) is 3.20. The van der Waals surface area contributed by atoms with Crippen LogP contribution in [0.2, 0.25) is 0 Å². The van der Waals surface area contributed by atoms with Crippen molar-refractivity contribution in [2.75, 3.05) is 13.2 Å². The summed E-state index contributed by atoms with van der Waals surface area (Å²) in [7, 11) is 0. The lowest BCUT2D eigenvalue weighted by molar-refractivity contribution is -0.187. The second-order valence-electron chi connectivity index (χ2n) is 5.13. The van der Waals surface area contributed by atoms with Crippen LogP contribution in [0.3, 0.4) is 0 Å². The molecular weight excluding hydrogens is 188 g/mol. The highest BCUT2D eigenvalue weighted by Gasteiger charge is 2.50. The summed E-state index contributed by atoms with van der Waals surface area (Å²) in [6, 6.07) is 0. The van der Waals surface area contributed by atoms with Crippen molar-refractivity contribution in [3.63, 3.8) is 0 Å². The predicted octanol–water partition coefficient (Wildman–Crippen LogP) is 3.36. The zero-order chi connectivity index (χ0) is 10.7. The lowest BCUT2D eigenvalue weighted by Gasteiger charge is -2.31. The lowest BCUT2D eigenvalue weighted by Crippen LogP contribution is -2.36. The molecule has 1 saturated heterocycles. The molecule has 0 unspecified atom stereocenters. The minimum atomic E-state index is -0.173. The first-order valence-electron chi connectivity index (χ1n) is 6.56. The van der Waals surface area contributed by atoms with Gasteiger partial charge in [0.2, 0.25) is 0 Å². The zero-order valence-corrected chi connectivity index (χ0v) is 10.1. The minimum absolute atomic E-state index is 0.173. The first kappa shape index (κ1) is 11.4. The molecule has 2 fully saturated rings. The summed E-state index contributed by atoms with van der Waals surface area (Å²) in [5.74, 6) is 1.25. The Hall–Kier alpha value is -0.0800. The summed E-state index contributed by atoms with van der Waals surface area (Å²) in [6.07, 6.45) is 7.66. The van der Waals surface area contributed by atoms with E-state index >= 15 is 0 Å². The highest BCUT2D eigenvalue weighted by molar-refractivity contribution is 4.92. The Bertz CT molecular complexity index is 197. The van der Waals surface area contributed by atoms with Gasteiger partial charge in [-0.05, 0) is 18.8 Å². The predicted molar refractivity (Wildman–Crippen MR) is 60.7 cm³/mol. The Kier molecular flexibility index (Phi) is 3.68. The second kappa shape index (κ2) is 4.84. The molecule has 88 valence electrons. The highest BCUT2D eigenvalue weighted by atomic mass is 16.7. The number of ether oxygens (including phenoxy) is 2. The van der Waals surface area contributed by atoms with Crippen LogP contribution >= 0.6 is 0 Å². The molecule has 2 aliphatic rings. The molecule has 0 radical (unpaired) electrons. The van der Waals surface area contributed by atoms with Gasteiger partial charge in [0.05, 0.1) is 13.2 Å².